The number of phenols is 2. The van der Waals surface area contributed by atoms with Gasteiger partial charge in [0, 0.05) is 18.0 Å². The fraction of sp³-hybridized carbons (Fsp3) is 0.294. The van der Waals surface area contributed by atoms with Crippen LogP contribution in [0.2, 0.25) is 0 Å². The number of hydrogen-bond acceptors (Lipinski definition) is 6. The van der Waals surface area contributed by atoms with Crippen molar-refractivity contribution in [3.8, 4) is 23.0 Å². The number of aromatic hydroxyl groups is 2. The largest absolute Gasteiger partial charge is 0.504 e. The van der Waals surface area contributed by atoms with Crippen LogP contribution in [-0.2, 0) is 0 Å². The summed E-state index contributed by atoms with van der Waals surface area (Å²) in [7, 11) is 1.48. The molecule has 1 heterocycles. The van der Waals surface area contributed by atoms with Crippen LogP contribution < -0.4 is 15.2 Å². The first-order valence-electron chi connectivity index (χ1n) is 7.30. The fourth-order valence-corrected chi connectivity index (χ4v) is 2.96. The molecule has 6 heteroatoms. The molecule has 1 aliphatic heterocycles. The molecule has 0 saturated heterocycles. The van der Waals surface area contributed by atoms with E-state index in [1.54, 1.807) is 24.3 Å². The number of rotatable bonds is 4. The maximum absolute atomic E-state index is 10.2. The Morgan fingerprint density at radius 3 is 2.70 bits per heavy atom. The molecule has 1 aliphatic rings. The van der Waals surface area contributed by atoms with Crippen LogP contribution in [0.5, 0.6) is 23.0 Å². The zero-order valence-electron chi connectivity index (χ0n) is 12.7. The predicted octanol–water partition coefficient (Wildman–Crippen LogP) is 1.62. The molecule has 0 aromatic heterocycles. The van der Waals surface area contributed by atoms with Crippen molar-refractivity contribution >= 4 is 0 Å². The summed E-state index contributed by atoms with van der Waals surface area (Å²) >= 11 is 0. The summed E-state index contributed by atoms with van der Waals surface area (Å²) in [5.74, 6) is 0.613. The van der Waals surface area contributed by atoms with Crippen molar-refractivity contribution in [2.24, 2.45) is 5.73 Å². The van der Waals surface area contributed by atoms with E-state index in [9.17, 15) is 15.3 Å². The Labute approximate surface area is 133 Å². The van der Waals surface area contributed by atoms with Crippen LogP contribution in [0.4, 0.5) is 0 Å². The highest BCUT2D eigenvalue weighted by atomic mass is 16.5. The summed E-state index contributed by atoms with van der Waals surface area (Å²) in [6.45, 7) is 0.397. The molecule has 2 aromatic carbocycles. The molecule has 23 heavy (non-hydrogen) atoms. The third kappa shape index (κ3) is 2.56. The van der Waals surface area contributed by atoms with Gasteiger partial charge in [0.05, 0.1) is 19.8 Å². The van der Waals surface area contributed by atoms with Crippen LogP contribution >= 0.6 is 0 Å². The van der Waals surface area contributed by atoms with Gasteiger partial charge in [-0.3, -0.25) is 0 Å². The van der Waals surface area contributed by atoms with Crippen LogP contribution in [0.1, 0.15) is 28.7 Å². The molecule has 122 valence electrons. The van der Waals surface area contributed by atoms with Crippen molar-refractivity contribution in [2.75, 3.05) is 20.3 Å². The zero-order valence-corrected chi connectivity index (χ0v) is 12.7. The van der Waals surface area contributed by atoms with Gasteiger partial charge in [-0.05, 0) is 29.3 Å². The lowest BCUT2D eigenvalue weighted by Crippen LogP contribution is -2.14. The third-order valence-electron chi connectivity index (χ3n) is 4.14. The number of phenolic OH excluding ortho intramolecular Hbond substituents is 2. The van der Waals surface area contributed by atoms with Gasteiger partial charge in [-0.1, -0.05) is 12.1 Å². The highest BCUT2D eigenvalue weighted by Crippen LogP contribution is 2.47. The van der Waals surface area contributed by atoms with Gasteiger partial charge in [0.1, 0.15) is 0 Å². The SMILES string of the molecule is COc1cc(C2COc3c(O)ccc(C(O)CN)c32)ccc1O. The molecule has 0 saturated carbocycles. The van der Waals surface area contributed by atoms with Crippen molar-refractivity contribution in [2.45, 2.75) is 12.0 Å². The maximum atomic E-state index is 10.2. The molecule has 0 bridgehead atoms. The lowest BCUT2D eigenvalue weighted by atomic mass is 9.87. The average molecular weight is 317 g/mol. The lowest BCUT2D eigenvalue weighted by Gasteiger charge is -2.18. The Kier molecular flexibility index (Phi) is 4.02. The standard InChI is InChI=1S/C17H19NO5/c1-22-15-6-9(2-4-12(15)19)11-8-23-17-13(20)5-3-10(16(11)17)14(21)7-18/h2-6,11,14,19-21H,7-8,18H2,1H3. The van der Waals surface area contributed by atoms with E-state index >= 15 is 0 Å². The summed E-state index contributed by atoms with van der Waals surface area (Å²) in [6, 6.07) is 8.19. The zero-order chi connectivity index (χ0) is 16.6. The van der Waals surface area contributed by atoms with Gasteiger partial charge in [0.2, 0.25) is 0 Å². The number of fused-ring (bicyclic) bond motifs is 1. The van der Waals surface area contributed by atoms with Gasteiger partial charge in [-0.2, -0.15) is 0 Å². The Balaban J connectivity index is 2.12. The van der Waals surface area contributed by atoms with Crippen molar-refractivity contribution < 1.29 is 24.8 Å². The molecule has 0 aliphatic carbocycles. The van der Waals surface area contributed by atoms with Gasteiger partial charge >= 0.3 is 0 Å². The number of hydrogen-bond donors (Lipinski definition) is 4. The smallest absolute Gasteiger partial charge is 0.165 e. The number of methoxy groups -OCH3 is 1. The van der Waals surface area contributed by atoms with Gasteiger partial charge in [0.25, 0.3) is 0 Å². The number of aliphatic hydroxyl groups is 1. The molecule has 3 rings (SSSR count). The molecule has 2 aromatic rings. The summed E-state index contributed by atoms with van der Waals surface area (Å²) in [6.07, 6.45) is -0.840. The Bertz CT molecular complexity index is 731. The molecule has 0 fully saturated rings. The van der Waals surface area contributed by atoms with Crippen LogP contribution in [-0.4, -0.2) is 35.6 Å². The summed E-state index contributed by atoms with van der Waals surface area (Å²) < 4.78 is 10.8. The summed E-state index contributed by atoms with van der Waals surface area (Å²) in [5.41, 5.74) is 7.79. The maximum Gasteiger partial charge on any atom is 0.165 e. The minimum absolute atomic E-state index is 0.0289. The van der Waals surface area contributed by atoms with E-state index in [1.807, 2.05) is 0 Å². The molecule has 5 N–H and O–H groups in total. The molecule has 0 spiro atoms. The van der Waals surface area contributed by atoms with E-state index in [0.717, 1.165) is 11.1 Å². The molecule has 2 unspecified atom stereocenters. The van der Waals surface area contributed by atoms with E-state index in [4.69, 9.17) is 15.2 Å². The number of aliphatic hydroxyl groups excluding tert-OH is 1. The second-order valence-corrected chi connectivity index (χ2v) is 5.46. The topological polar surface area (TPSA) is 105 Å². The molecular formula is C17H19NO5. The quantitative estimate of drug-likeness (QED) is 0.683. The normalized spacial score (nSPS) is 17.4. The Morgan fingerprint density at radius 1 is 1.26 bits per heavy atom. The first-order chi connectivity index (χ1) is 11.1. The van der Waals surface area contributed by atoms with Gasteiger partial charge in [-0.25, -0.2) is 0 Å². The molecular weight excluding hydrogens is 298 g/mol. The number of nitrogens with two attached hydrogens (primary N) is 1. The summed E-state index contributed by atoms with van der Waals surface area (Å²) in [5, 5.41) is 29.9. The van der Waals surface area contributed by atoms with E-state index in [0.29, 0.717) is 23.7 Å². The monoisotopic (exact) mass is 317 g/mol. The average Bonchev–Trinajstić information content (AvgIpc) is 3.01. The van der Waals surface area contributed by atoms with Crippen LogP contribution in [0.3, 0.4) is 0 Å². The second kappa shape index (κ2) is 5.98. The predicted molar refractivity (Wildman–Crippen MR) is 84.1 cm³/mol. The minimum atomic E-state index is -0.840. The molecule has 0 amide bonds. The van der Waals surface area contributed by atoms with Gasteiger partial charge in [-0.15, -0.1) is 0 Å². The first-order valence-corrected chi connectivity index (χ1v) is 7.30. The first kappa shape index (κ1) is 15.5. The van der Waals surface area contributed by atoms with E-state index in [2.05, 4.69) is 0 Å². The van der Waals surface area contributed by atoms with Crippen LogP contribution in [0, 0.1) is 0 Å². The van der Waals surface area contributed by atoms with E-state index < -0.39 is 6.10 Å². The highest BCUT2D eigenvalue weighted by molar-refractivity contribution is 5.58. The van der Waals surface area contributed by atoms with Gasteiger partial charge < -0.3 is 30.5 Å². The fourth-order valence-electron chi connectivity index (χ4n) is 2.96. The van der Waals surface area contributed by atoms with E-state index in [-0.39, 0.29) is 24.0 Å². The van der Waals surface area contributed by atoms with Crippen LogP contribution in [0.15, 0.2) is 30.3 Å². The Hall–Kier alpha value is -2.44. The van der Waals surface area contributed by atoms with Crippen LogP contribution in [0.25, 0.3) is 0 Å². The van der Waals surface area contributed by atoms with Crippen molar-refractivity contribution in [1.29, 1.82) is 0 Å². The third-order valence-corrected chi connectivity index (χ3v) is 4.14. The van der Waals surface area contributed by atoms with Crippen molar-refractivity contribution in [3.05, 3.63) is 47.0 Å². The highest BCUT2D eigenvalue weighted by Gasteiger charge is 2.33. The lowest BCUT2D eigenvalue weighted by molar-refractivity contribution is 0.185. The molecule has 2 atom stereocenters. The number of ether oxygens (including phenoxy) is 2. The molecule has 6 nitrogen and oxygen atoms in total. The van der Waals surface area contributed by atoms with Gasteiger partial charge in [0.15, 0.2) is 23.0 Å². The Morgan fingerprint density at radius 2 is 2.00 bits per heavy atom. The van der Waals surface area contributed by atoms with E-state index in [1.165, 1.54) is 13.2 Å². The van der Waals surface area contributed by atoms with Crippen molar-refractivity contribution in [1.82, 2.24) is 0 Å². The molecule has 0 radical (unpaired) electrons. The minimum Gasteiger partial charge on any atom is -0.504 e. The second-order valence-electron chi connectivity index (χ2n) is 5.46. The number of benzene rings is 2. The summed E-state index contributed by atoms with van der Waals surface area (Å²) in [4.78, 5) is 0. The van der Waals surface area contributed by atoms with Crippen molar-refractivity contribution in [3.63, 3.8) is 0 Å².